The van der Waals surface area contributed by atoms with Crippen molar-refractivity contribution < 1.29 is 9.18 Å². The Balaban J connectivity index is 1.79. The van der Waals surface area contributed by atoms with E-state index in [4.69, 9.17) is 17.3 Å². The summed E-state index contributed by atoms with van der Waals surface area (Å²) in [6.45, 7) is 3.35. The largest absolute Gasteiger partial charge is 0.381 e. The van der Waals surface area contributed by atoms with Gasteiger partial charge in [0.1, 0.15) is 0 Å². The lowest BCUT2D eigenvalue weighted by molar-refractivity contribution is 0.262. The van der Waals surface area contributed by atoms with Crippen LogP contribution in [0, 0.1) is 19.7 Å². The first-order chi connectivity index (χ1) is 11.8. The first-order valence-electron chi connectivity index (χ1n) is 7.41. The summed E-state index contributed by atoms with van der Waals surface area (Å²) < 4.78 is 13.4. The number of halogens is 2. The van der Waals surface area contributed by atoms with Gasteiger partial charge in [0.15, 0.2) is 11.6 Å². The quantitative estimate of drug-likeness (QED) is 0.637. The van der Waals surface area contributed by atoms with E-state index >= 15 is 0 Å². The number of carbonyl (C=O) groups is 1. The van der Waals surface area contributed by atoms with Gasteiger partial charge in [-0.3, -0.25) is 5.32 Å². The van der Waals surface area contributed by atoms with Crippen LogP contribution in [0.3, 0.4) is 0 Å². The molecule has 0 aliphatic rings. The minimum atomic E-state index is -0.700. The maximum Gasteiger partial charge on any atom is 0.326 e. The van der Waals surface area contributed by atoms with E-state index in [2.05, 4.69) is 20.6 Å². The number of aryl methyl sites for hydroxylation is 2. The number of benzene rings is 2. The fraction of sp³-hybridized carbons (Fsp3) is 0.118. The highest BCUT2D eigenvalue weighted by Crippen LogP contribution is 2.26. The zero-order chi connectivity index (χ0) is 18.1. The number of fused-ring (bicyclic) bond motifs is 1. The number of nitrogens with two attached hydrogens (primary N) is 1. The maximum atomic E-state index is 13.4. The first-order valence-corrected chi connectivity index (χ1v) is 7.79. The van der Waals surface area contributed by atoms with Crippen LogP contribution in [-0.2, 0) is 0 Å². The fourth-order valence-electron chi connectivity index (χ4n) is 2.36. The van der Waals surface area contributed by atoms with E-state index in [0.717, 1.165) is 16.3 Å². The van der Waals surface area contributed by atoms with E-state index in [-0.39, 0.29) is 17.5 Å². The Morgan fingerprint density at radius 2 is 1.88 bits per heavy atom. The Hall–Kier alpha value is -2.93. The molecule has 0 saturated carbocycles. The lowest BCUT2D eigenvalue weighted by atomic mass is 10.1. The van der Waals surface area contributed by atoms with Gasteiger partial charge in [-0.25, -0.2) is 14.2 Å². The van der Waals surface area contributed by atoms with Crippen molar-refractivity contribution in [2.75, 3.05) is 16.4 Å². The number of hydrogen-bond acceptors (Lipinski definition) is 4. The van der Waals surface area contributed by atoms with Gasteiger partial charge in [-0.15, -0.1) is 0 Å². The average Bonchev–Trinajstić information content (AvgIpc) is 2.54. The molecule has 0 saturated heterocycles. The van der Waals surface area contributed by atoms with Crippen LogP contribution in [0.15, 0.2) is 30.3 Å². The molecule has 6 nitrogen and oxygen atoms in total. The Labute approximate surface area is 148 Å². The van der Waals surface area contributed by atoms with Crippen LogP contribution in [0.1, 0.15) is 11.3 Å². The van der Waals surface area contributed by atoms with Crippen LogP contribution in [-0.4, -0.2) is 16.0 Å². The topological polar surface area (TPSA) is 92.9 Å². The molecule has 3 rings (SSSR count). The molecular weight excluding hydrogens is 345 g/mol. The summed E-state index contributed by atoms with van der Waals surface area (Å²) in [6.07, 6.45) is 0. The van der Waals surface area contributed by atoms with Crippen molar-refractivity contribution in [1.29, 1.82) is 0 Å². The molecule has 0 fully saturated rings. The number of aromatic nitrogens is 2. The molecule has 1 aromatic heterocycles. The van der Waals surface area contributed by atoms with E-state index in [1.54, 1.807) is 6.07 Å². The Bertz CT molecular complexity index is 969. The number of nitrogen functional groups attached to an aromatic ring is 1. The lowest BCUT2D eigenvalue weighted by Crippen LogP contribution is -2.21. The zero-order valence-corrected chi connectivity index (χ0v) is 14.3. The van der Waals surface area contributed by atoms with E-state index in [9.17, 15) is 9.18 Å². The third-order valence-corrected chi connectivity index (χ3v) is 4.05. The second kappa shape index (κ2) is 6.52. The van der Waals surface area contributed by atoms with Crippen molar-refractivity contribution in [3.63, 3.8) is 0 Å². The Morgan fingerprint density at radius 3 is 2.60 bits per heavy atom. The minimum Gasteiger partial charge on any atom is -0.381 e. The molecule has 25 heavy (non-hydrogen) atoms. The van der Waals surface area contributed by atoms with Crippen molar-refractivity contribution in [3.8, 4) is 0 Å². The van der Waals surface area contributed by atoms with Gasteiger partial charge in [0.05, 0.1) is 5.69 Å². The molecule has 0 radical (unpaired) electrons. The SMILES string of the molecule is Cc1cc2cc(NC(=O)Nc3nc(C)c(F)c(N)n3)ccc2cc1Cl. The number of rotatable bonds is 2. The van der Waals surface area contributed by atoms with Gasteiger partial charge >= 0.3 is 6.03 Å². The third-order valence-electron chi connectivity index (χ3n) is 3.64. The molecule has 2 amide bonds. The van der Waals surface area contributed by atoms with Crippen molar-refractivity contribution >= 4 is 45.9 Å². The third kappa shape index (κ3) is 3.61. The highest BCUT2D eigenvalue weighted by Gasteiger charge is 2.11. The van der Waals surface area contributed by atoms with Crippen molar-refractivity contribution in [2.24, 2.45) is 0 Å². The van der Waals surface area contributed by atoms with Crippen molar-refractivity contribution in [1.82, 2.24) is 9.97 Å². The monoisotopic (exact) mass is 359 g/mol. The van der Waals surface area contributed by atoms with E-state index in [1.807, 2.05) is 31.2 Å². The van der Waals surface area contributed by atoms with Crippen LogP contribution >= 0.6 is 11.6 Å². The van der Waals surface area contributed by atoms with E-state index in [0.29, 0.717) is 10.7 Å². The average molecular weight is 360 g/mol. The summed E-state index contributed by atoms with van der Waals surface area (Å²) in [5.74, 6) is -1.09. The number of carbonyl (C=O) groups excluding carboxylic acids is 1. The number of nitrogens with one attached hydrogen (secondary N) is 2. The van der Waals surface area contributed by atoms with Gasteiger partial charge in [-0.2, -0.15) is 4.98 Å². The molecule has 0 aliphatic heterocycles. The number of nitrogens with zero attached hydrogens (tertiary/aromatic N) is 2. The standard InChI is InChI=1S/C17H15ClFN5O/c1-8-5-11-6-12(4-3-10(11)7-13(8)18)22-17(25)24-16-21-9(2)14(19)15(20)23-16/h3-7H,1-2H3,(H4,20,21,22,23,24,25). The van der Waals surface area contributed by atoms with E-state index < -0.39 is 11.8 Å². The van der Waals surface area contributed by atoms with Gasteiger partial charge in [0, 0.05) is 10.7 Å². The summed E-state index contributed by atoms with van der Waals surface area (Å²) in [5, 5.41) is 7.69. The molecule has 0 bridgehead atoms. The molecule has 0 atom stereocenters. The molecule has 8 heteroatoms. The summed E-state index contributed by atoms with van der Waals surface area (Å²) in [7, 11) is 0. The molecule has 128 valence electrons. The highest BCUT2D eigenvalue weighted by atomic mass is 35.5. The lowest BCUT2D eigenvalue weighted by Gasteiger charge is -2.09. The van der Waals surface area contributed by atoms with Gasteiger partial charge < -0.3 is 11.1 Å². The van der Waals surface area contributed by atoms with Crippen molar-refractivity contribution in [2.45, 2.75) is 13.8 Å². The predicted molar refractivity (Wildman–Crippen MR) is 97.5 cm³/mol. The summed E-state index contributed by atoms with van der Waals surface area (Å²) in [6, 6.07) is 8.67. The zero-order valence-electron chi connectivity index (χ0n) is 13.5. The molecule has 0 spiro atoms. The smallest absolute Gasteiger partial charge is 0.326 e. The van der Waals surface area contributed by atoms with E-state index in [1.165, 1.54) is 6.92 Å². The molecule has 4 N–H and O–H groups in total. The maximum absolute atomic E-state index is 13.4. The van der Waals surface area contributed by atoms with Crippen LogP contribution in [0.2, 0.25) is 5.02 Å². The summed E-state index contributed by atoms with van der Waals surface area (Å²) in [4.78, 5) is 19.6. The number of hydrogen-bond donors (Lipinski definition) is 3. The number of anilines is 3. The molecule has 0 aliphatic carbocycles. The normalized spacial score (nSPS) is 10.7. The van der Waals surface area contributed by atoms with Gasteiger partial charge in [-0.1, -0.05) is 17.7 Å². The molecule has 2 aromatic carbocycles. The number of amides is 2. The summed E-state index contributed by atoms with van der Waals surface area (Å²) in [5.41, 5.74) is 7.01. The van der Waals surface area contributed by atoms with Crippen LogP contribution in [0.25, 0.3) is 10.8 Å². The first kappa shape index (κ1) is 16.9. The summed E-state index contributed by atoms with van der Waals surface area (Å²) >= 11 is 6.11. The minimum absolute atomic E-state index is 0.0564. The number of urea groups is 1. The fourth-order valence-corrected chi connectivity index (χ4v) is 2.53. The van der Waals surface area contributed by atoms with Gasteiger partial charge in [0.2, 0.25) is 5.95 Å². The van der Waals surface area contributed by atoms with Crippen LogP contribution in [0.4, 0.5) is 26.6 Å². The highest BCUT2D eigenvalue weighted by molar-refractivity contribution is 6.32. The molecule has 1 heterocycles. The van der Waals surface area contributed by atoms with Gasteiger partial charge in [0.25, 0.3) is 0 Å². The van der Waals surface area contributed by atoms with Crippen LogP contribution < -0.4 is 16.4 Å². The second-order valence-electron chi connectivity index (χ2n) is 5.57. The van der Waals surface area contributed by atoms with Crippen LogP contribution in [0.5, 0.6) is 0 Å². The predicted octanol–water partition coefficient (Wildman–Crippen LogP) is 4.27. The van der Waals surface area contributed by atoms with Gasteiger partial charge in [-0.05, 0) is 54.4 Å². The van der Waals surface area contributed by atoms with Crippen molar-refractivity contribution in [3.05, 3.63) is 52.4 Å². The molecule has 0 unspecified atom stereocenters. The Morgan fingerprint density at radius 1 is 1.12 bits per heavy atom. The Kier molecular flexibility index (Phi) is 4.41. The molecule has 3 aromatic rings. The second-order valence-corrected chi connectivity index (χ2v) is 5.98. The molecular formula is C17H15ClFN5O.